The smallest absolute Gasteiger partial charge is 0.243 e. The second kappa shape index (κ2) is 8.67. The summed E-state index contributed by atoms with van der Waals surface area (Å²) in [6.07, 6.45) is 1.02. The van der Waals surface area contributed by atoms with E-state index in [0.717, 1.165) is 6.26 Å². The Labute approximate surface area is 147 Å². The lowest BCUT2D eigenvalue weighted by Gasteiger charge is -2.15. The molecule has 0 aliphatic heterocycles. The monoisotopic (exact) mass is 372 g/mol. The van der Waals surface area contributed by atoms with Gasteiger partial charge in [-0.1, -0.05) is 13.8 Å². The lowest BCUT2D eigenvalue weighted by Crippen LogP contribution is -2.46. The maximum Gasteiger partial charge on any atom is 0.243 e. The normalized spacial score (nSPS) is 12.4. The van der Waals surface area contributed by atoms with E-state index in [4.69, 9.17) is 10.5 Å². The Morgan fingerprint density at radius 3 is 2.44 bits per heavy atom. The van der Waals surface area contributed by atoms with E-state index in [9.17, 15) is 18.0 Å². The Morgan fingerprint density at radius 2 is 1.92 bits per heavy atom. The summed E-state index contributed by atoms with van der Waals surface area (Å²) in [6, 6.07) is 3.75. The van der Waals surface area contributed by atoms with Gasteiger partial charge >= 0.3 is 0 Å². The molecule has 5 N–H and O–H groups in total. The number of nitrogens with one attached hydrogen (secondary N) is 3. The average molecular weight is 372 g/mol. The van der Waals surface area contributed by atoms with E-state index in [1.165, 1.54) is 25.3 Å². The molecule has 0 saturated heterocycles. The molecule has 0 unspecified atom stereocenters. The molecule has 0 aliphatic carbocycles. The van der Waals surface area contributed by atoms with E-state index in [2.05, 4.69) is 15.4 Å². The summed E-state index contributed by atoms with van der Waals surface area (Å²) in [4.78, 5) is 23.6. The molecular formula is C15H24N4O5S. The van der Waals surface area contributed by atoms with Gasteiger partial charge in [0.15, 0.2) is 0 Å². The highest BCUT2D eigenvalue weighted by Crippen LogP contribution is 2.28. The standard InChI is InChI=1S/C15H24N4O5S/c1-9(2)14(16)15(21)17-8-13(20)18-10-5-6-11(12(7-10)24-3)19-25(4,22)23/h5-7,9,14,19H,8,16H2,1-4H3,(H,17,21)(H,18,20)/t14-/m0/s1. The fourth-order valence-corrected chi connectivity index (χ4v) is 2.41. The van der Waals surface area contributed by atoms with Crippen LogP contribution in [0.25, 0.3) is 0 Å². The largest absolute Gasteiger partial charge is 0.494 e. The van der Waals surface area contributed by atoms with Crippen molar-refractivity contribution >= 4 is 33.2 Å². The van der Waals surface area contributed by atoms with E-state index >= 15 is 0 Å². The van der Waals surface area contributed by atoms with Gasteiger partial charge in [0.05, 0.1) is 31.6 Å². The van der Waals surface area contributed by atoms with Crippen molar-refractivity contribution < 1.29 is 22.7 Å². The molecule has 9 nitrogen and oxygen atoms in total. The average Bonchev–Trinajstić information content (AvgIpc) is 2.51. The molecule has 0 bridgehead atoms. The van der Waals surface area contributed by atoms with Crippen molar-refractivity contribution in [2.45, 2.75) is 19.9 Å². The number of amides is 2. The first-order chi connectivity index (χ1) is 11.5. The molecule has 0 heterocycles. The fraction of sp³-hybridized carbons (Fsp3) is 0.467. The predicted molar refractivity (Wildman–Crippen MR) is 95.9 cm³/mol. The van der Waals surface area contributed by atoms with Crippen LogP contribution in [-0.4, -0.2) is 46.2 Å². The molecule has 2 amide bonds. The number of rotatable bonds is 8. The van der Waals surface area contributed by atoms with Crippen molar-refractivity contribution in [3.8, 4) is 5.75 Å². The topological polar surface area (TPSA) is 140 Å². The first-order valence-corrected chi connectivity index (χ1v) is 9.41. The van der Waals surface area contributed by atoms with Gasteiger partial charge < -0.3 is 21.1 Å². The molecular weight excluding hydrogens is 348 g/mol. The highest BCUT2D eigenvalue weighted by molar-refractivity contribution is 7.92. The molecule has 1 atom stereocenters. The summed E-state index contributed by atoms with van der Waals surface area (Å²) >= 11 is 0. The van der Waals surface area contributed by atoms with Crippen molar-refractivity contribution in [1.29, 1.82) is 0 Å². The summed E-state index contributed by atoms with van der Waals surface area (Å²) in [5, 5.41) is 5.03. The van der Waals surface area contributed by atoms with Gasteiger partial charge in [-0.2, -0.15) is 0 Å². The Morgan fingerprint density at radius 1 is 1.28 bits per heavy atom. The van der Waals surface area contributed by atoms with E-state index in [1.54, 1.807) is 0 Å². The minimum atomic E-state index is -3.46. The summed E-state index contributed by atoms with van der Waals surface area (Å²) in [6.45, 7) is 3.39. The minimum absolute atomic E-state index is 0.0396. The summed E-state index contributed by atoms with van der Waals surface area (Å²) in [7, 11) is -2.08. The van der Waals surface area contributed by atoms with Gasteiger partial charge in [-0.05, 0) is 18.1 Å². The van der Waals surface area contributed by atoms with Crippen LogP contribution in [-0.2, 0) is 19.6 Å². The first kappa shape index (κ1) is 20.7. The highest BCUT2D eigenvalue weighted by Gasteiger charge is 2.17. The number of sulfonamides is 1. The fourth-order valence-electron chi connectivity index (χ4n) is 1.85. The highest BCUT2D eigenvalue weighted by atomic mass is 32.2. The van der Waals surface area contributed by atoms with Crippen LogP contribution in [0, 0.1) is 5.92 Å². The zero-order chi connectivity index (χ0) is 19.2. The number of hydrogen-bond acceptors (Lipinski definition) is 6. The number of nitrogens with two attached hydrogens (primary N) is 1. The lowest BCUT2D eigenvalue weighted by molar-refractivity contribution is -0.125. The van der Waals surface area contributed by atoms with Gasteiger partial charge in [-0.3, -0.25) is 14.3 Å². The van der Waals surface area contributed by atoms with Crippen LogP contribution in [0.15, 0.2) is 18.2 Å². The maximum atomic E-state index is 11.9. The molecule has 1 rings (SSSR count). The second-order valence-electron chi connectivity index (χ2n) is 5.83. The zero-order valence-corrected chi connectivity index (χ0v) is 15.4. The van der Waals surface area contributed by atoms with E-state index in [0.29, 0.717) is 5.69 Å². The third-order valence-electron chi connectivity index (χ3n) is 3.22. The number of ether oxygens (including phenoxy) is 1. The van der Waals surface area contributed by atoms with E-state index in [-0.39, 0.29) is 23.9 Å². The van der Waals surface area contributed by atoms with Gasteiger partial charge in [0.1, 0.15) is 5.75 Å². The molecule has 0 radical (unpaired) electrons. The number of hydrogen-bond donors (Lipinski definition) is 4. The molecule has 0 fully saturated rings. The first-order valence-electron chi connectivity index (χ1n) is 7.52. The van der Waals surface area contributed by atoms with Crippen LogP contribution in [0.2, 0.25) is 0 Å². The molecule has 0 aromatic heterocycles. The summed E-state index contributed by atoms with van der Waals surface area (Å²) in [5.41, 5.74) is 6.33. The van der Waals surface area contributed by atoms with Crippen molar-refractivity contribution in [2.24, 2.45) is 11.7 Å². The number of benzene rings is 1. The molecule has 0 aliphatic rings. The van der Waals surface area contributed by atoms with Gasteiger partial charge in [0.2, 0.25) is 21.8 Å². The van der Waals surface area contributed by atoms with Gasteiger partial charge in [0, 0.05) is 11.8 Å². The Kier molecular flexibility index (Phi) is 7.19. The third-order valence-corrected chi connectivity index (χ3v) is 3.82. The van der Waals surface area contributed by atoms with E-state index < -0.39 is 27.9 Å². The molecule has 25 heavy (non-hydrogen) atoms. The van der Waals surface area contributed by atoms with Crippen molar-refractivity contribution in [2.75, 3.05) is 29.9 Å². The van der Waals surface area contributed by atoms with Crippen LogP contribution in [0.1, 0.15) is 13.8 Å². The molecule has 1 aromatic rings. The van der Waals surface area contributed by atoms with Crippen LogP contribution in [0.3, 0.4) is 0 Å². The maximum absolute atomic E-state index is 11.9. The number of anilines is 2. The van der Waals surface area contributed by atoms with Gasteiger partial charge in [0.25, 0.3) is 0 Å². The van der Waals surface area contributed by atoms with Gasteiger partial charge in [-0.15, -0.1) is 0 Å². The number of carbonyl (C=O) groups is 2. The second-order valence-corrected chi connectivity index (χ2v) is 7.57. The van der Waals surface area contributed by atoms with Crippen molar-refractivity contribution in [3.63, 3.8) is 0 Å². The van der Waals surface area contributed by atoms with Crippen LogP contribution in [0.4, 0.5) is 11.4 Å². The quantitative estimate of drug-likeness (QED) is 0.510. The molecule has 1 aromatic carbocycles. The molecule has 140 valence electrons. The predicted octanol–water partition coefficient (Wildman–Crippen LogP) is 0.105. The SMILES string of the molecule is COc1cc(NC(=O)CNC(=O)[C@@H](N)C(C)C)ccc1NS(C)(=O)=O. The molecule has 0 saturated carbocycles. The van der Waals surface area contributed by atoms with Crippen molar-refractivity contribution in [3.05, 3.63) is 18.2 Å². The number of carbonyl (C=O) groups excluding carboxylic acids is 2. The lowest BCUT2D eigenvalue weighted by atomic mass is 10.1. The van der Waals surface area contributed by atoms with Crippen molar-refractivity contribution in [1.82, 2.24) is 5.32 Å². The van der Waals surface area contributed by atoms with E-state index in [1.807, 2.05) is 13.8 Å². The Balaban J connectivity index is 2.70. The molecule has 0 spiro atoms. The molecule has 10 heteroatoms. The minimum Gasteiger partial charge on any atom is -0.494 e. The Bertz CT molecular complexity index is 733. The van der Waals surface area contributed by atoms with Crippen LogP contribution >= 0.6 is 0 Å². The zero-order valence-electron chi connectivity index (χ0n) is 14.6. The summed E-state index contributed by atoms with van der Waals surface area (Å²) < 4.78 is 30.0. The van der Waals surface area contributed by atoms with Crippen LogP contribution < -0.4 is 25.8 Å². The Hall–Kier alpha value is -2.33. The van der Waals surface area contributed by atoms with Gasteiger partial charge in [-0.25, -0.2) is 8.42 Å². The third kappa shape index (κ3) is 6.98. The van der Waals surface area contributed by atoms with Crippen LogP contribution in [0.5, 0.6) is 5.75 Å². The number of methoxy groups -OCH3 is 1. The summed E-state index contributed by atoms with van der Waals surface area (Å²) in [5.74, 6) is -0.651.